The molecule has 0 saturated heterocycles. The molecule has 3 aromatic heterocycles. The highest BCUT2D eigenvalue weighted by molar-refractivity contribution is 7.10. The standard InChI is InChI=1S/C17H13N3OS/c18-15(14-4-2-10-22-14)11-5-7-12(8-6-11)17-20-16-13(21-17)3-1-9-19-16/h1-10,15H,18H2. The number of nitrogens with two attached hydrogens (primary N) is 1. The molecule has 5 heteroatoms. The van der Waals surface area contributed by atoms with E-state index in [1.165, 1.54) is 0 Å². The molecule has 4 nitrogen and oxygen atoms in total. The Hall–Kier alpha value is -2.50. The summed E-state index contributed by atoms with van der Waals surface area (Å²) in [4.78, 5) is 9.74. The molecule has 0 amide bonds. The maximum atomic E-state index is 6.27. The number of hydrogen-bond donors (Lipinski definition) is 1. The van der Waals surface area contributed by atoms with Crippen molar-refractivity contribution in [3.8, 4) is 11.5 Å². The first-order valence-electron chi connectivity index (χ1n) is 6.92. The van der Waals surface area contributed by atoms with Crippen molar-refractivity contribution in [2.75, 3.05) is 0 Å². The minimum Gasteiger partial charge on any atom is -0.434 e. The number of oxazole rings is 1. The average Bonchev–Trinajstić information content (AvgIpc) is 3.23. The summed E-state index contributed by atoms with van der Waals surface area (Å²) in [5.74, 6) is 0.574. The molecule has 0 saturated carbocycles. The van der Waals surface area contributed by atoms with E-state index in [1.807, 2.05) is 47.8 Å². The van der Waals surface area contributed by atoms with Gasteiger partial charge in [-0.25, -0.2) is 4.98 Å². The molecule has 0 aliphatic heterocycles. The topological polar surface area (TPSA) is 64.9 Å². The third-order valence-corrected chi connectivity index (χ3v) is 4.49. The van der Waals surface area contributed by atoms with Gasteiger partial charge in [0.2, 0.25) is 5.89 Å². The van der Waals surface area contributed by atoms with Crippen LogP contribution in [0.15, 0.2) is 64.5 Å². The summed E-state index contributed by atoms with van der Waals surface area (Å²) >= 11 is 1.67. The van der Waals surface area contributed by atoms with Gasteiger partial charge in [0, 0.05) is 16.6 Å². The van der Waals surface area contributed by atoms with Crippen molar-refractivity contribution >= 4 is 22.6 Å². The number of nitrogens with zero attached hydrogens (tertiary/aromatic N) is 2. The molecule has 1 atom stereocenters. The van der Waals surface area contributed by atoms with Gasteiger partial charge < -0.3 is 10.2 Å². The third kappa shape index (κ3) is 2.30. The van der Waals surface area contributed by atoms with Crippen LogP contribution in [0.1, 0.15) is 16.5 Å². The fraction of sp³-hybridized carbons (Fsp3) is 0.0588. The zero-order valence-electron chi connectivity index (χ0n) is 11.6. The normalized spacial score (nSPS) is 12.6. The van der Waals surface area contributed by atoms with Crippen LogP contribution < -0.4 is 5.73 Å². The van der Waals surface area contributed by atoms with Gasteiger partial charge >= 0.3 is 0 Å². The predicted molar refractivity (Wildman–Crippen MR) is 87.6 cm³/mol. The fourth-order valence-electron chi connectivity index (χ4n) is 2.36. The monoisotopic (exact) mass is 307 g/mol. The molecular weight excluding hydrogens is 294 g/mol. The maximum Gasteiger partial charge on any atom is 0.228 e. The molecule has 108 valence electrons. The van der Waals surface area contributed by atoms with E-state index in [0.717, 1.165) is 16.0 Å². The lowest BCUT2D eigenvalue weighted by Gasteiger charge is -2.10. The van der Waals surface area contributed by atoms with Gasteiger partial charge in [0.05, 0.1) is 6.04 Å². The van der Waals surface area contributed by atoms with E-state index in [2.05, 4.69) is 16.0 Å². The summed E-state index contributed by atoms with van der Waals surface area (Å²) in [5.41, 5.74) is 9.57. The lowest BCUT2D eigenvalue weighted by Crippen LogP contribution is -2.09. The van der Waals surface area contributed by atoms with E-state index in [0.29, 0.717) is 17.1 Å². The summed E-state index contributed by atoms with van der Waals surface area (Å²) < 4.78 is 5.72. The Labute approximate surface area is 131 Å². The van der Waals surface area contributed by atoms with Crippen LogP contribution >= 0.6 is 11.3 Å². The summed E-state index contributed by atoms with van der Waals surface area (Å²) in [6, 6.07) is 15.7. The molecule has 0 spiro atoms. The minimum atomic E-state index is -0.0978. The SMILES string of the molecule is NC(c1ccc(-c2nc3ncccc3o2)cc1)c1cccs1. The van der Waals surface area contributed by atoms with E-state index >= 15 is 0 Å². The fourth-order valence-corrected chi connectivity index (χ4v) is 3.11. The average molecular weight is 307 g/mol. The molecule has 0 fully saturated rings. The van der Waals surface area contributed by atoms with Crippen LogP contribution in [0.25, 0.3) is 22.7 Å². The Balaban J connectivity index is 1.66. The van der Waals surface area contributed by atoms with Gasteiger partial charge in [0.15, 0.2) is 11.2 Å². The van der Waals surface area contributed by atoms with Crippen molar-refractivity contribution < 1.29 is 4.42 Å². The second-order valence-corrected chi connectivity index (χ2v) is 5.94. The summed E-state index contributed by atoms with van der Waals surface area (Å²) in [6.45, 7) is 0. The highest BCUT2D eigenvalue weighted by Gasteiger charge is 2.12. The lowest BCUT2D eigenvalue weighted by atomic mass is 10.0. The summed E-state index contributed by atoms with van der Waals surface area (Å²) in [7, 11) is 0. The Morgan fingerprint density at radius 1 is 1.05 bits per heavy atom. The highest BCUT2D eigenvalue weighted by Crippen LogP contribution is 2.27. The lowest BCUT2D eigenvalue weighted by molar-refractivity contribution is 0.619. The molecule has 0 aliphatic rings. The Morgan fingerprint density at radius 3 is 2.64 bits per heavy atom. The molecule has 4 rings (SSSR count). The summed E-state index contributed by atoms with van der Waals surface area (Å²) in [6.07, 6.45) is 1.71. The molecule has 0 radical (unpaired) electrons. The van der Waals surface area contributed by atoms with E-state index in [1.54, 1.807) is 17.5 Å². The van der Waals surface area contributed by atoms with Gasteiger partial charge in [0.1, 0.15) is 0 Å². The first-order valence-corrected chi connectivity index (χ1v) is 7.80. The number of thiophene rings is 1. The van der Waals surface area contributed by atoms with Gasteiger partial charge in [-0.2, -0.15) is 4.98 Å². The van der Waals surface area contributed by atoms with Crippen molar-refractivity contribution in [2.24, 2.45) is 5.73 Å². The van der Waals surface area contributed by atoms with Crippen LogP contribution in [0, 0.1) is 0 Å². The molecule has 3 heterocycles. The predicted octanol–water partition coefficient (Wildman–Crippen LogP) is 4.00. The van der Waals surface area contributed by atoms with Crippen LogP contribution in [-0.4, -0.2) is 9.97 Å². The number of pyridine rings is 1. The van der Waals surface area contributed by atoms with Crippen LogP contribution in [0.4, 0.5) is 0 Å². The zero-order chi connectivity index (χ0) is 14.9. The van der Waals surface area contributed by atoms with Gasteiger partial charge in [-0.3, -0.25) is 0 Å². The van der Waals surface area contributed by atoms with Crippen LogP contribution in [0.5, 0.6) is 0 Å². The first-order chi connectivity index (χ1) is 10.8. The van der Waals surface area contributed by atoms with Crippen LogP contribution in [0.2, 0.25) is 0 Å². The molecule has 4 aromatic rings. The van der Waals surface area contributed by atoms with Crippen molar-refractivity contribution in [1.29, 1.82) is 0 Å². The van der Waals surface area contributed by atoms with Gasteiger partial charge in [-0.1, -0.05) is 18.2 Å². The first kappa shape index (κ1) is 13.2. The molecular formula is C17H13N3OS. The molecule has 0 bridgehead atoms. The van der Waals surface area contributed by atoms with Crippen molar-refractivity contribution in [2.45, 2.75) is 6.04 Å². The number of benzene rings is 1. The Kier molecular flexibility index (Phi) is 3.21. The highest BCUT2D eigenvalue weighted by atomic mass is 32.1. The molecule has 2 N–H and O–H groups in total. The Bertz CT molecular complexity index is 864. The second kappa shape index (κ2) is 5.36. The number of fused-ring (bicyclic) bond motifs is 1. The smallest absolute Gasteiger partial charge is 0.228 e. The second-order valence-electron chi connectivity index (χ2n) is 4.96. The zero-order valence-corrected chi connectivity index (χ0v) is 12.5. The molecule has 1 aromatic carbocycles. The van der Waals surface area contributed by atoms with Crippen molar-refractivity contribution in [3.05, 3.63) is 70.5 Å². The maximum absolute atomic E-state index is 6.27. The molecule has 0 aliphatic carbocycles. The molecule has 22 heavy (non-hydrogen) atoms. The van der Waals surface area contributed by atoms with E-state index in [9.17, 15) is 0 Å². The van der Waals surface area contributed by atoms with Gasteiger partial charge in [0.25, 0.3) is 0 Å². The minimum absolute atomic E-state index is 0.0978. The third-order valence-electron chi connectivity index (χ3n) is 3.53. The Morgan fingerprint density at radius 2 is 1.91 bits per heavy atom. The van der Waals surface area contributed by atoms with E-state index in [4.69, 9.17) is 10.2 Å². The number of rotatable bonds is 3. The summed E-state index contributed by atoms with van der Waals surface area (Å²) in [5, 5.41) is 2.04. The van der Waals surface area contributed by atoms with E-state index < -0.39 is 0 Å². The van der Waals surface area contributed by atoms with Gasteiger partial charge in [-0.15, -0.1) is 11.3 Å². The largest absolute Gasteiger partial charge is 0.434 e. The van der Waals surface area contributed by atoms with Gasteiger partial charge in [-0.05, 0) is 41.3 Å². The molecule has 1 unspecified atom stereocenters. The quantitative estimate of drug-likeness (QED) is 0.621. The van der Waals surface area contributed by atoms with Crippen molar-refractivity contribution in [3.63, 3.8) is 0 Å². The van der Waals surface area contributed by atoms with Crippen LogP contribution in [-0.2, 0) is 0 Å². The number of aromatic nitrogens is 2. The van der Waals surface area contributed by atoms with Crippen molar-refractivity contribution in [1.82, 2.24) is 9.97 Å². The number of hydrogen-bond acceptors (Lipinski definition) is 5. The van der Waals surface area contributed by atoms with Crippen LogP contribution in [0.3, 0.4) is 0 Å². The van der Waals surface area contributed by atoms with E-state index in [-0.39, 0.29) is 6.04 Å².